The van der Waals surface area contributed by atoms with E-state index in [1.54, 1.807) is 30.3 Å². The molecule has 34 heavy (non-hydrogen) atoms. The van der Waals surface area contributed by atoms with E-state index >= 15 is 0 Å². The molecule has 0 saturated carbocycles. The van der Waals surface area contributed by atoms with Gasteiger partial charge in [-0.1, -0.05) is 29.4 Å². The minimum absolute atomic E-state index is 0.263. The van der Waals surface area contributed by atoms with E-state index in [0.717, 1.165) is 0 Å². The predicted octanol–water partition coefficient (Wildman–Crippen LogP) is 6.17. The van der Waals surface area contributed by atoms with E-state index in [2.05, 4.69) is 9.97 Å². The molecule has 1 amide bonds. The van der Waals surface area contributed by atoms with E-state index < -0.39 is 23.1 Å². The van der Waals surface area contributed by atoms with Crippen molar-refractivity contribution in [2.45, 2.75) is 31.8 Å². The molecule has 1 N–H and O–H groups in total. The summed E-state index contributed by atoms with van der Waals surface area (Å²) in [7, 11) is 0. The van der Waals surface area contributed by atoms with Crippen molar-refractivity contribution in [3.63, 3.8) is 0 Å². The number of hydrogen-bond acceptors (Lipinski definition) is 6. The molecule has 1 aromatic carbocycles. The smallest absolute Gasteiger partial charge is 0.413 e. The first-order valence-electron chi connectivity index (χ1n) is 10.5. The summed E-state index contributed by atoms with van der Waals surface area (Å²) in [4.78, 5) is 26.3. The number of thioether (sulfide) groups is 1. The zero-order valence-corrected chi connectivity index (χ0v) is 20.1. The summed E-state index contributed by atoms with van der Waals surface area (Å²) in [6.45, 7) is 5.43. The molecule has 7 nitrogen and oxygen atoms in total. The third kappa shape index (κ3) is 3.59. The Morgan fingerprint density at radius 1 is 1.21 bits per heavy atom. The van der Waals surface area contributed by atoms with Gasteiger partial charge >= 0.3 is 6.09 Å². The number of amides is 1. The molecule has 1 atom stereocenters. The molecule has 0 radical (unpaired) electrons. The number of ether oxygens (including phenoxy) is 1. The van der Waals surface area contributed by atoms with Gasteiger partial charge in [-0.15, -0.1) is 0 Å². The van der Waals surface area contributed by atoms with Gasteiger partial charge in [0.1, 0.15) is 16.4 Å². The molecule has 4 heterocycles. The number of pyridine rings is 2. The van der Waals surface area contributed by atoms with Crippen molar-refractivity contribution in [2.24, 2.45) is 4.99 Å². The van der Waals surface area contributed by atoms with E-state index in [4.69, 9.17) is 21.3 Å². The van der Waals surface area contributed by atoms with Crippen LogP contribution in [-0.2, 0) is 5.54 Å². The molecule has 0 aliphatic carbocycles. The zero-order valence-electron chi connectivity index (χ0n) is 18.5. The number of hydrogen-bond donors (Lipinski definition) is 1. The van der Waals surface area contributed by atoms with Gasteiger partial charge < -0.3 is 9.84 Å². The van der Waals surface area contributed by atoms with Crippen LogP contribution in [0.4, 0.5) is 9.18 Å². The lowest BCUT2D eigenvalue weighted by Crippen LogP contribution is -2.47. The fraction of sp³-hybridized carbons (Fsp3) is 0.250. The molecule has 5 rings (SSSR count). The molecule has 2 aliphatic rings. The Morgan fingerprint density at radius 3 is 2.68 bits per heavy atom. The molecular formula is C24H20ClFN4O3S. The van der Waals surface area contributed by atoms with Crippen LogP contribution in [0.5, 0.6) is 11.5 Å². The summed E-state index contributed by atoms with van der Waals surface area (Å²) in [5.41, 5.74) is 0.598. The molecule has 2 aromatic heterocycles. The van der Waals surface area contributed by atoms with Crippen molar-refractivity contribution in [1.82, 2.24) is 14.9 Å². The van der Waals surface area contributed by atoms with Crippen molar-refractivity contribution in [2.75, 3.05) is 5.75 Å². The van der Waals surface area contributed by atoms with E-state index in [1.165, 1.54) is 29.1 Å². The van der Waals surface area contributed by atoms with E-state index in [0.29, 0.717) is 44.7 Å². The van der Waals surface area contributed by atoms with Gasteiger partial charge in [0.15, 0.2) is 10.9 Å². The molecule has 0 fully saturated rings. The Bertz CT molecular complexity index is 1360. The first-order valence-corrected chi connectivity index (χ1v) is 11.8. The van der Waals surface area contributed by atoms with E-state index in [-0.39, 0.29) is 5.15 Å². The Kier molecular flexibility index (Phi) is 5.29. The highest BCUT2D eigenvalue weighted by molar-refractivity contribution is 8.14. The average molecular weight is 499 g/mol. The Labute approximate surface area is 204 Å². The van der Waals surface area contributed by atoms with Gasteiger partial charge in [0, 0.05) is 34.2 Å². The molecule has 0 saturated heterocycles. The van der Waals surface area contributed by atoms with Crippen molar-refractivity contribution in [3.8, 4) is 22.6 Å². The van der Waals surface area contributed by atoms with Gasteiger partial charge in [0.05, 0.1) is 6.20 Å². The molecule has 2 aliphatic heterocycles. The van der Waals surface area contributed by atoms with Crippen LogP contribution in [0, 0.1) is 5.95 Å². The van der Waals surface area contributed by atoms with Crippen molar-refractivity contribution >= 4 is 34.6 Å². The molecule has 10 heteroatoms. The number of aromatic nitrogens is 2. The molecule has 1 unspecified atom stereocenters. The molecule has 0 bridgehead atoms. The summed E-state index contributed by atoms with van der Waals surface area (Å²) in [5.74, 6) is 0.842. The Balaban J connectivity index is 1.75. The number of rotatable bonds is 1. The number of fused-ring (bicyclic) bond motifs is 4. The van der Waals surface area contributed by atoms with Gasteiger partial charge in [0.2, 0.25) is 5.95 Å². The second-order valence-corrected chi connectivity index (χ2v) is 10.3. The first kappa shape index (κ1) is 22.6. The largest absolute Gasteiger partial charge is 0.465 e. The SMILES string of the molecule is CC(C)(C)N(C(=O)O)C1=NC2(CS1)c1cc(-c3cccnc3F)ccc1Oc1cnc(Cl)cc12. The lowest BCUT2D eigenvalue weighted by atomic mass is 9.81. The minimum Gasteiger partial charge on any atom is -0.465 e. The highest BCUT2D eigenvalue weighted by Gasteiger charge is 2.49. The van der Waals surface area contributed by atoms with E-state index in [1.807, 2.05) is 26.8 Å². The number of halogens is 2. The van der Waals surface area contributed by atoms with Gasteiger partial charge in [-0.05, 0) is 56.7 Å². The fourth-order valence-corrected chi connectivity index (χ4v) is 5.81. The van der Waals surface area contributed by atoms with Crippen LogP contribution >= 0.6 is 23.4 Å². The summed E-state index contributed by atoms with van der Waals surface area (Å²) >= 11 is 7.59. The number of benzene rings is 1. The lowest BCUT2D eigenvalue weighted by Gasteiger charge is -2.35. The van der Waals surface area contributed by atoms with Crippen molar-refractivity contribution in [3.05, 3.63) is 71.0 Å². The Morgan fingerprint density at radius 2 is 1.97 bits per heavy atom. The van der Waals surface area contributed by atoms with Crippen LogP contribution in [0.15, 0.2) is 53.8 Å². The van der Waals surface area contributed by atoms with Crippen molar-refractivity contribution in [1.29, 1.82) is 0 Å². The quantitative estimate of drug-likeness (QED) is 0.404. The standard InChI is InChI=1S/C24H20ClFN4O3S/c1-23(2,3)30(22(31)32)21-29-24(12-34-21)15-9-13(14-5-4-8-27-20(14)26)6-7-17(15)33-18-11-28-19(25)10-16(18)24/h4-11H,12H2,1-3H3,(H,31,32). The van der Waals surface area contributed by atoms with Crippen LogP contribution < -0.4 is 4.74 Å². The number of carbonyl (C=O) groups is 1. The molecular weight excluding hydrogens is 479 g/mol. The van der Waals surface area contributed by atoms with Gasteiger partial charge in [-0.25, -0.2) is 19.8 Å². The maximum Gasteiger partial charge on any atom is 0.413 e. The third-order valence-corrected chi connectivity index (χ3v) is 7.05. The number of carboxylic acid groups (broad SMARTS) is 1. The summed E-state index contributed by atoms with van der Waals surface area (Å²) in [6.07, 6.45) is 1.83. The van der Waals surface area contributed by atoms with Crippen LogP contribution in [0.3, 0.4) is 0 Å². The average Bonchev–Trinajstić information content (AvgIpc) is 3.18. The summed E-state index contributed by atoms with van der Waals surface area (Å²) in [6, 6.07) is 10.3. The second kappa shape index (κ2) is 7.95. The maximum atomic E-state index is 14.5. The van der Waals surface area contributed by atoms with E-state index in [9.17, 15) is 14.3 Å². The number of aliphatic imine (C=N–C) groups is 1. The topological polar surface area (TPSA) is 87.9 Å². The van der Waals surface area contributed by atoms with Gasteiger partial charge in [-0.2, -0.15) is 4.39 Å². The number of nitrogens with zero attached hydrogens (tertiary/aromatic N) is 4. The normalized spacial score (nSPS) is 18.7. The molecule has 1 spiro atoms. The zero-order chi connectivity index (χ0) is 24.3. The molecule has 174 valence electrons. The van der Waals surface area contributed by atoms with Crippen LogP contribution in [-0.4, -0.2) is 42.5 Å². The highest BCUT2D eigenvalue weighted by Crippen LogP contribution is 2.54. The summed E-state index contributed by atoms with van der Waals surface area (Å²) < 4.78 is 20.6. The first-order chi connectivity index (χ1) is 16.1. The second-order valence-electron chi connectivity index (χ2n) is 8.99. The lowest BCUT2D eigenvalue weighted by molar-refractivity contribution is 0.142. The fourth-order valence-electron chi connectivity index (χ4n) is 4.24. The number of amidine groups is 1. The minimum atomic E-state index is -1.10. The summed E-state index contributed by atoms with van der Waals surface area (Å²) in [5, 5.41) is 10.6. The maximum absolute atomic E-state index is 14.5. The monoisotopic (exact) mass is 498 g/mol. The van der Waals surface area contributed by atoms with Crippen LogP contribution in [0.25, 0.3) is 11.1 Å². The third-order valence-electron chi connectivity index (χ3n) is 5.74. The van der Waals surface area contributed by atoms with Gasteiger partial charge in [-0.3, -0.25) is 4.90 Å². The van der Waals surface area contributed by atoms with Crippen molar-refractivity contribution < 1.29 is 19.0 Å². The molecule has 3 aromatic rings. The van der Waals surface area contributed by atoms with Gasteiger partial charge in [0.25, 0.3) is 0 Å². The highest BCUT2D eigenvalue weighted by atomic mass is 35.5. The van der Waals surface area contributed by atoms with Crippen LogP contribution in [0.2, 0.25) is 5.15 Å². The Hall–Kier alpha value is -3.17. The van der Waals surface area contributed by atoms with Crippen LogP contribution in [0.1, 0.15) is 31.9 Å². The predicted molar refractivity (Wildman–Crippen MR) is 129 cm³/mol.